The van der Waals surface area contributed by atoms with Gasteiger partial charge in [-0.3, -0.25) is 4.79 Å². The topological polar surface area (TPSA) is 46.9 Å². The van der Waals surface area contributed by atoms with Gasteiger partial charge < -0.3 is 5.32 Å². The number of nitrogens with zero attached hydrogens (tertiary/aromatic N) is 2. The summed E-state index contributed by atoms with van der Waals surface area (Å²) in [7, 11) is 0. The number of hydrogen-bond donors (Lipinski definition) is 1. The van der Waals surface area contributed by atoms with E-state index in [0.717, 1.165) is 17.7 Å². The molecule has 1 N–H and O–H groups in total. The molecule has 0 aliphatic rings. The van der Waals surface area contributed by atoms with Crippen molar-refractivity contribution in [1.29, 1.82) is 0 Å². The third-order valence-corrected chi connectivity index (χ3v) is 2.67. The van der Waals surface area contributed by atoms with Gasteiger partial charge in [0.1, 0.15) is 0 Å². The molecule has 0 unspecified atom stereocenters. The third-order valence-electron chi connectivity index (χ3n) is 2.67. The van der Waals surface area contributed by atoms with Crippen LogP contribution >= 0.6 is 0 Å². The second-order valence-corrected chi connectivity index (χ2v) is 4.14. The lowest BCUT2D eigenvalue weighted by atomic mass is 10.2. The lowest BCUT2D eigenvalue weighted by Gasteiger charge is -2.06. The van der Waals surface area contributed by atoms with Gasteiger partial charge in [0.2, 0.25) is 5.91 Å². The lowest BCUT2D eigenvalue weighted by Crippen LogP contribution is -2.22. The first-order chi connectivity index (χ1) is 8.79. The van der Waals surface area contributed by atoms with Crippen molar-refractivity contribution >= 4 is 5.91 Å². The summed E-state index contributed by atoms with van der Waals surface area (Å²) >= 11 is 0. The molecule has 0 saturated carbocycles. The summed E-state index contributed by atoms with van der Waals surface area (Å²) in [5.74, 6) is 0.105. The summed E-state index contributed by atoms with van der Waals surface area (Å²) in [6.07, 6.45) is 5.12. The summed E-state index contributed by atoms with van der Waals surface area (Å²) in [4.78, 5) is 11.3. The van der Waals surface area contributed by atoms with Crippen molar-refractivity contribution in [3.63, 3.8) is 0 Å². The summed E-state index contributed by atoms with van der Waals surface area (Å²) in [5, 5.41) is 7.05. The Labute approximate surface area is 107 Å². The molecule has 4 nitrogen and oxygen atoms in total. The second-order valence-electron chi connectivity index (χ2n) is 4.14. The monoisotopic (exact) mass is 243 g/mol. The molecule has 0 fully saturated rings. The molecule has 0 atom stereocenters. The smallest absolute Gasteiger partial charge is 0.220 e. The predicted octanol–water partition coefficient (Wildman–Crippen LogP) is 2.29. The zero-order chi connectivity index (χ0) is 12.8. The Morgan fingerprint density at radius 1 is 1.33 bits per heavy atom. The Morgan fingerprint density at radius 2 is 2.11 bits per heavy atom. The SMILES string of the molecule is CCCC(=O)NCc1ccc(-n2cccn2)cc1. The Bertz CT molecular complexity index is 488. The molecule has 1 heterocycles. The highest BCUT2D eigenvalue weighted by Crippen LogP contribution is 2.08. The van der Waals surface area contributed by atoms with Gasteiger partial charge in [0.05, 0.1) is 5.69 Å². The summed E-state index contributed by atoms with van der Waals surface area (Å²) in [5.41, 5.74) is 2.11. The van der Waals surface area contributed by atoms with Gasteiger partial charge in [-0.15, -0.1) is 0 Å². The number of amides is 1. The van der Waals surface area contributed by atoms with Crippen molar-refractivity contribution in [3.05, 3.63) is 48.3 Å². The van der Waals surface area contributed by atoms with Gasteiger partial charge in [0, 0.05) is 25.4 Å². The molecule has 0 radical (unpaired) electrons. The maximum Gasteiger partial charge on any atom is 0.220 e. The van der Waals surface area contributed by atoms with Gasteiger partial charge in [-0.2, -0.15) is 5.10 Å². The third kappa shape index (κ3) is 3.20. The molecule has 0 saturated heterocycles. The molecule has 4 heteroatoms. The van der Waals surface area contributed by atoms with Crippen LogP contribution in [0.1, 0.15) is 25.3 Å². The van der Waals surface area contributed by atoms with Crippen molar-refractivity contribution in [1.82, 2.24) is 15.1 Å². The summed E-state index contributed by atoms with van der Waals surface area (Å²) in [6, 6.07) is 9.88. The minimum atomic E-state index is 0.105. The number of carbonyl (C=O) groups excluding carboxylic acids is 1. The molecule has 0 aliphatic carbocycles. The molecular weight excluding hydrogens is 226 g/mol. The molecule has 1 aromatic heterocycles. The number of carbonyl (C=O) groups is 1. The average molecular weight is 243 g/mol. The van der Waals surface area contributed by atoms with Crippen LogP contribution in [-0.4, -0.2) is 15.7 Å². The van der Waals surface area contributed by atoms with Gasteiger partial charge in [-0.05, 0) is 30.2 Å². The van der Waals surface area contributed by atoms with Gasteiger partial charge in [0.25, 0.3) is 0 Å². The molecule has 2 rings (SSSR count). The highest BCUT2D eigenvalue weighted by molar-refractivity contribution is 5.75. The minimum absolute atomic E-state index is 0.105. The Kier molecular flexibility index (Phi) is 4.12. The van der Waals surface area contributed by atoms with E-state index in [1.54, 1.807) is 10.9 Å². The van der Waals surface area contributed by atoms with E-state index in [1.807, 2.05) is 43.5 Å². The van der Waals surface area contributed by atoms with Crippen LogP contribution in [0.4, 0.5) is 0 Å². The molecule has 2 aromatic rings. The van der Waals surface area contributed by atoms with Crippen LogP contribution < -0.4 is 5.32 Å². The van der Waals surface area contributed by atoms with Gasteiger partial charge in [0.15, 0.2) is 0 Å². The molecule has 0 spiro atoms. The van der Waals surface area contributed by atoms with Crippen LogP contribution in [0.5, 0.6) is 0 Å². The molecular formula is C14H17N3O. The average Bonchev–Trinajstić information content (AvgIpc) is 2.91. The number of nitrogens with one attached hydrogen (secondary N) is 1. The zero-order valence-corrected chi connectivity index (χ0v) is 10.5. The van der Waals surface area contributed by atoms with E-state index in [9.17, 15) is 4.79 Å². The van der Waals surface area contributed by atoms with Crippen LogP contribution in [0.2, 0.25) is 0 Å². The Morgan fingerprint density at radius 3 is 2.72 bits per heavy atom. The Hall–Kier alpha value is -2.10. The summed E-state index contributed by atoms with van der Waals surface area (Å²) < 4.78 is 1.81. The largest absolute Gasteiger partial charge is 0.352 e. The predicted molar refractivity (Wildman–Crippen MR) is 70.3 cm³/mol. The van der Waals surface area contributed by atoms with Gasteiger partial charge in [-0.1, -0.05) is 19.1 Å². The number of hydrogen-bond acceptors (Lipinski definition) is 2. The van der Waals surface area contributed by atoms with E-state index in [-0.39, 0.29) is 5.91 Å². The first-order valence-corrected chi connectivity index (χ1v) is 6.15. The van der Waals surface area contributed by atoms with E-state index in [0.29, 0.717) is 13.0 Å². The van der Waals surface area contributed by atoms with Crippen molar-refractivity contribution in [2.24, 2.45) is 0 Å². The van der Waals surface area contributed by atoms with Crippen molar-refractivity contribution in [3.8, 4) is 5.69 Å². The zero-order valence-electron chi connectivity index (χ0n) is 10.5. The highest BCUT2D eigenvalue weighted by Gasteiger charge is 2.00. The van der Waals surface area contributed by atoms with Crippen molar-refractivity contribution in [2.75, 3.05) is 0 Å². The van der Waals surface area contributed by atoms with E-state index in [1.165, 1.54) is 0 Å². The van der Waals surface area contributed by atoms with E-state index in [2.05, 4.69) is 10.4 Å². The molecule has 1 aromatic carbocycles. The fraction of sp³-hybridized carbons (Fsp3) is 0.286. The van der Waals surface area contributed by atoms with Crippen LogP contribution in [0.3, 0.4) is 0 Å². The fourth-order valence-corrected chi connectivity index (χ4v) is 1.70. The number of aromatic nitrogens is 2. The number of rotatable bonds is 5. The fourth-order valence-electron chi connectivity index (χ4n) is 1.70. The molecule has 18 heavy (non-hydrogen) atoms. The first kappa shape index (κ1) is 12.4. The summed E-state index contributed by atoms with van der Waals surface area (Å²) in [6.45, 7) is 2.58. The van der Waals surface area contributed by atoms with Crippen LogP contribution in [0.15, 0.2) is 42.7 Å². The maximum atomic E-state index is 11.3. The molecule has 0 bridgehead atoms. The highest BCUT2D eigenvalue weighted by atomic mass is 16.1. The van der Waals surface area contributed by atoms with Crippen molar-refractivity contribution < 1.29 is 4.79 Å². The second kappa shape index (κ2) is 6.00. The van der Waals surface area contributed by atoms with Gasteiger partial charge >= 0.3 is 0 Å². The van der Waals surface area contributed by atoms with Crippen LogP contribution in [-0.2, 0) is 11.3 Å². The first-order valence-electron chi connectivity index (χ1n) is 6.15. The molecule has 0 aliphatic heterocycles. The van der Waals surface area contributed by atoms with E-state index < -0.39 is 0 Å². The van der Waals surface area contributed by atoms with Crippen molar-refractivity contribution in [2.45, 2.75) is 26.3 Å². The minimum Gasteiger partial charge on any atom is -0.352 e. The normalized spacial score (nSPS) is 10.3. The van der Waals surface area contributed by atoms with E-state index in [4.69, 9.17) is 0 Å². The maximum absolute atomic E-state index is 11.3. The Balaban J connectivity index is 1.94. The van der Waals surface area contributed by atoms with Gasteiger partial charge in [-0.25, -0.2) is 4.68 Å². The lowest BCUT2D eigenvalue weighted by molar-refractivity contribution is -0.121. The quantitative estimate of drug-likeness (QED) is 0.875. The van der Waals surface area contributed by atoms with Crippen LogP contribution in [0.25, 0.3) is 5.69 Å². The van der Waals surface area contributed by atoms with Crippen LogP contribution in [0, 0.1) is 0 Å². The van der Waals surface area contributed by atoms with E-state index >= 15 is 0 Å². The number of benzene rings is 1. The standard InChI is InChI=1S/C14H17N3O/c1-2-4-14(18)15-11-12-5-7-13(8-6-12)17-10-3-9-16-17/h3,5-10H,2,4,11H2,1H3,(H,15,18). The molecule has 1 amide bonds. The molecule has 94 valence electrons.